The molecule has 0 spiro atoms. The van der Waals surface area contributed by atoms with Crippen molar-refractivity contribution in [2.45, 2.75) is 12.8 Å². The van der Waals surface area contributed by atoms with Crippen molar-refractivity contribution in [2.75, 3.05) is 18.4 Å². The maximum atomic E-state index is 13.6. The van der Waals surface area contributed by atoms with E-state index in [1.54, 1.807) is 6.07 Å². The van der Waals surface area contributed by atoms with E-state index in [2.05, 4.69) is 25.8 Å². The lowest BCUT2D eigenvalue weighted by molar-refractivity contribution is 0.102. The summed E-state index contributed by atoms with van der Waals surface area (Å²) < 4.78 is 20.3. The minimum absolute atomic E-state index is 0.239. The molecule has 0 radical (unpaired) electrons. The summed E-state index contributed by atoms with van der Waals surface area (Å²) in [4.78, 5) is 21.4. The number of rotatable bonds is 4. The number of amides is 1. The Hall–Kier alpha value is -3.59. The third-order valence-electron chi connectivity index (χ3n) is 5.02. The van der Waals surface area contributed by atoms with Crippen molar-refractivity contribution in [1.82, 2.24) is 24.8 Å². The number of pyridine rings is 1. The fraction of sp³-hybridized carbons (Fsp3) is 0.200. The third-order valence-corrected chi connectivity index (χ3v) is 5.02. The van der Waals surface area contributed by atoms with Gasteiger partial charge in [0.1, 0.15) is 17.2 Å². The van der Waals surface area contributed by atoms with E-state index in [-0.39, 0.29) is 11.6 Å². The van der Waals surface area contributed by atoms with E-state index in [0.29, 0.717) is 23.0 Å². The fourth-order valence-electron chi connectivity index (χ4n) is 3.19. The van der Waals surface area contributed by atoms with Gasteiger partial charge in [-0.3, -0.25) is 9.20 Å². The van der Waals surface area contributed by atoms with E-state index in [9.17, 15) is 9.18 Å². The lowest BCUT2D eigenvalue weighted by Gasteiger charge is -2.22. The highest BCUT2D eigenvalue weighted by Gasteiger charge is 2.25. The Morgan fingerprint density at radius 2 is 2.17 bits per heavy atom. The molecule has 2 N–H and O–H groups in total. The van der Waals surface area contributed by atoms with Gasteiger partial charge in [-0.2, -0.15) is 4.98 Å². The number of hydrogen-bond acceptors (Lipinski definition) is 6. The number of halogens is 1. The number of aryl methyl sites for hydroxylation is 1. The molecule has 4 aromatic rings. The molecule has 0 unspecified atom stereocenters. The molecule has 29 heavy (non-hydrogen) atoms. The lowest BCUT2D eigenvalue weighted by atomic mass is 10.0. The predicted molar refractivity (Wildman–Crippen MR) is 103 cm³/mol. The second kappa shape index (κ2) is 6.78. The topological polar surface area (TPSA) is 97.4 Å². The van der Waals surface area contributed by atoms with Crippen LogP contribution >= 0.6 is 0 Å². The van der Waals surface area contributed by atoms with E-state index < -0.39 is 11.7 Å². The van der Waals surface area contributed by atoms with Gasteiger partial charge < -0.3 is 15.2 Å². The van der Waals surface area contributed by atoms with Crippen molar-refractivity contribution in [1.29, 1.82) is 0 Å². The van der Waals surface area contributed by atoms with Gasteiger partial charge in [-0.15, -0.1) is 0 Å². The normalized spacial score (nSPS) is 14.1. The molecule has 1 fully saturated rings. The molecular formula is C20H17FN6O2. The number of imidazole rings is 1. The van der Waals surface area contributed by atoms with Crippen LogP contribution in [-0.2, 0) is 0 Å². The molecular weight excluding hydrogens is 375 g/mol. The van der Waals surface area contributed by atoms with Crippen LogP contribution in [0.25, 0.3) is 17.0 Å². The average Bonchev–Trinajstić information content (AvgIpc) is 3.29. The molecule has 8 nitrogen and oxygen atoms in total. The fourth-order valence-corrected chi connectivity index (χ4v) is 3.19. The van der Waals surface area contributed by atoms with E-state index >= 15 is 0 Å². The number of hydrogen-bond donors (Lipinski definition) is 2. The van der Waals surface area contributed by atoms with Crippen LogP contribution in [0.2, 0.25) is 0 Å². The van der Waals surface area contributed by atoms with Gasteiger partial charge in [0.25, 0.3) is 5.91 Å². The van der Waals surface area contributed by atoms with Crippen LogP contribution in [0.5, 0.6) is 0 Å². The first-order chi connectivity index (χ1) is 14.1. The Morgan fingerprint density at radius 3 is 2.97 bits per heavy atom. The highest BCUT2D eigenvalue weighted by atomic mass is 19.1. The number of nitrogens with one attached hydrogen (secondary N) is 2. The first-order valence-electron chi connectivity index (χ1n) is 9.18. The van der Waals surface area contributed by atoms with Gasteiger partial charge in [0.2, 0.25) is 11.7 Å². The van der Waals surface area contributed by atoms with Crippen LogP contribution in [0.4, 0.5) is 10.1 Å². The predicted octanol–water partition coefficient (Wildman–Crippen LogP) is 2.77. The number of carbonyl (C=O) groups excluding carboxylic acids is 1. The minimum Gasteiger partial charge on any atom is -0.339 e. The lowest BCUT2D eigenvalue weighted by Crippen LogP contribution is -2.40. The smallest absolute Gasteiger partial charge is 0.274 e. The number of anilines is 1. The molecule has 0 saturated carbocycles. The Morgan fingerprint density at radius 1 is 1.31 bits per heavy atom. The molecule has 0 bridgehead atoms. The number of benzene rings is 1. The van der Waals surface area contributed by atoms with E-state index in [4.69, 9.17) is 4.52 Å². The molecule has 1 aliphatic rings. The van der Waals surface area contributed by atoms with E-state index in [1.165, 1.54) is 28.9 Å². The number of fused-ring (bicyclic) bond motifs is 1. The zero-order chi connectivity index (χ0) is 20.0. The Balaban J connectivity index is 1.43. The zero-order valence-corrected chi connectivity index (χ0v) is 15.5. The molecule has 5 rings (SSSR count). The summed E-state index contributed by atoms with van der Waals surface area (Å²) in [5.74, 6) is 0.489. The Labute approximate surface area is 164 Å². The van der Waals surface area contributed by atoms with Crippen LogP contribution in [0, 0.1) is 12.7 Å². The molecule has 1 aromatic carbocycles. The van der Waals surface area contributed by atoms with Gasteiger partial charge in [-0.05, 0) is 30.7 Å². The van der Waals surface area contributed by atoms with E-state index in [0.717, 1.165) is 24.2 Å². The summed E-state index contributed by atoms with van der Waals surface area (Å²) in [6.07, 6.45) is 2.65. The van der Waals surface area contributed by atoms with Gasteiger partial charge in [0.15, 0.2) is 0 Å². The number of aromatic nitrogens is 4. The maximum Gasteiger partial charge on any atom is 0.274 e. The summed E-state index contributed by atoms with van der Waals surface area (Å²) in [5, 5.41) is 10.1. The Kier molecular flexibility index (Phi) is 4.09. The highest BCUT2D eigenvalue weighted by Crippen LogP contribution is 2.26. The molecule has 1 aliphatic heterocycles. The van der Waals surface area contributed by atoms with Gasteiger partial charge in [-0.25, -0.2) is 9.37 Å². The second-order valence-corrected chi connectivity index (χ2v) is 7.01. The van der Waals surface area contributed by atoms with Crippen LogP contribution in [0.15, 0.2) is 47.2 Å². The van der Waals surface area contributed by atoms with Gasteiger partial charge in [0.05, 0.1) is 12.1 Å². The van der Waals surface area contributed by atoms with Crippen molar-refractivity contribution in [3.8, 4) is 11.4 Å². The molecule has 0 aliphatic carbocycles. The molecule has 3 aromatic heterocycles. The first kappa shape index (κ1) is 17.5. The largest absolute Gasteiger partial charge is 0.339 e. The third kappa shape index (κ3) is 3.15. The molecule has 1 saturated heterocycles. The van der Waals surface area contributed by atoms with Crippen molar-refractivity contribution in [2.24, 2.45) is 0 Å². The summed E-state index contributed by atoms with van der Waals surface area (Å²) in [5.41, 5.74) is 2.94. The van der Waals surface area contributed by atoms with Gasteiger partial charge in [0, 0.05) is 30.5 Å². The molecule has 0 atom stereocenters. The van der Waals surface area contributed by atoms with Gasteiger partial charge in [-0.1, -0.05) is 17.3 Å². The summed E-state index contributed by atoms with van der Waals surface area (Å²) in [7, 11) is 0. The number of carbonyl (C=O) groups is 1. The number of nitrogens with zero attached hydrogens (tertiary/aromatic N) is 4. The highest BCUT2D eigenvalue weighted by molar-refractivity contribution is 6.04. The van der Waals surface area contributed by atoms with Gasteiger partial charge >= 0.3 is 0 Å². The van der Waals surface area contributed by atoms with Crippen LogP contribution in [0.3, 0.4) is 0 Å². The SMILES string of the molecule is Cc1ccc(-c2noc(C3CNC3)n2)cc1NC(=O)c1cnc2ccc(F)cn12. The van der Waals surface area contributed by atoms with Crippen LogP contribution < -0.4 is 10.6 Å². The van der Waals surface area contributed by atoms with Crippen LogP contribution in [0.1, 0.15) is 27.9 Å². The van der Waals surface area contributed by atoms with E-state index in [1.807, 2.05) is 19.1 Å². The molecule has 4 heterocycles. The summed E-state index contributed by atoms with van der Waals surface area (Å²) in [6, 6.07) is 8.37. The Bertz CT molecular complexity index is 1230. The van der Waals surface area contributed by atoms with Crippen molar-refractivity contribution in [3.63, 3.8) is 0 Å². The quantitative estimate of drug-likeness (QED) is 0.554. The standard InChI is InChI=1S/C20H17FN6O2/c1-11-2-3-12(18-25-20(29-26-18)13-7-22-8-13)6-15(11)24-19(28)16-9-23-17-5-4-14(21)10-27(16)17/h2-6,9-10,13,22H,7-8H2,1H3,(H,24,28). The summed E-state index contributed by atoms with van der Waals surface area (Å²) >= 11 is 0. The van der Waals surface area contributed by atoms with Crippen molar-refractivity contribution >= 4 is 17.2 Å². The second-order valence-electron chi connectivity index (χ2n) is 7.01. The molecule has 9 heteroatoms. The first-order valence-corrected chi connectivity index (χ1v) is 9.18. The monoisotopic (exact) mass is 392 g/mol. The minimum atomic E-state index is -0.447. The summed E-state index contributed by atoms with van der Waals surface area (Å²) in [6.45, 7) is 3.54. The molecule has 146 valence electrons. The maximum absolute atomic E-state index is 13.6. The van der Waals surface area contributed by atoms with Crippen molar-refractivity contribution < 1.29 is 13.7 Å². The zero-order valence-electron chi connectivity index (χ0n) is 15.5. The van der Waals surface area contributed by atoms with Crippen molar-refractivity contribution in [3.05, 3.63) is 65.7 Å². The van der Waals surface area contributed by atoms with Crippen LogP contribution in [-0.4, -0.2) is 38.5 Å². The average molecular weight is 392 g/mol. The molecule has 1 amide bonds.